The molecule has 0 unspecified atom stereocenters. The molecule has 0 saturated heterocycles. The average molecular weight is 246 g/mol. The number of carbonyl (C=O) groups excluding carboxylic acids is 1. The van der Waals surface area contributed by atoms with E-state index < -0.39 is 5.82 Å². The van der Waals surface area contributed by atoms with Crippen molar-refractivity contribution in [1.82, 2.24) is 15.5 Å². The second-order valence-electron chi connectivity index (χ2n) is 3.63. The zero-order chi connectivity index (χ0) is 13.0. The van der Waals surface area contributed by atoms with Gasteiger partial charge in [0.15, 0.2) is 0 Å². The molecule has 3 N–H and O–H groups in total. The van der Waals surface area contributed by atoms with Gasteiger partial charge in [-0.25, -0.2) is 4.39 Å². The van der Waals surface area contributed by atoms with Crippen LogP contribution < -0.4 is 11.1 Å². The van der Waals surface area contributed by atoms with Crippen molar-refractivity contribution in [3.8, 4) is 0 Å². The minimum Gasteiger partial charge on any atom is -0.396 e. The van der Waals surface area contributed by atoms with Crippen molar-refractivity contribution < 1.29 is 9.18 Å². The molecule has 6 heteroatoms. The van der Waals surface area contributed by atoms with Gasteiger partial charge in [0.25, 0.3) is 5.91 Å². The summed E-state index contributed by atoms with van der Waals surface area (Å²) in [5, 5.41) is 10.1. The van der Waals surface area contributed by atoms with Crippen LogP contribution in [0.3, 0.4) is 0 Å². The summed E-state index contributed by atoms with van der Waals surface area (Å²) in [7, 11) is 0. The van der Waals surface area contributed by atoms with Crippen molar-refractivity contribution in [3.63, 3.8) is 0 Å². The molecule has 0 bridgehead atoms. The molecule has 1 heterocycles. The number of halogens is 1. The summed E-state index contributed by atoms with van der Waals surface area (Å²) in [6, 6.07) is 7.37. The van der Waals surface area contributed by atoms with E-state index in [1.165, 1.54) is 12.1 Å². The highest BCUT2D eigenvalue weighted by Crippen LogP contribution is 2.11. The molecule has 18 heavy (non-hydrogen) atoms. The molecule has 0 atom stereocenters. The first-order valence-electron chi connectivity index (χ1n) is 5.26. The first-order valence-corrected chi connectivity index (χ1v) is 5.26. The SMILES string of the molecule is Nc1ccc(C(=O)NCc2cccnn2)cc1F. The monoisotopic (exact) mass is 246 g/mol. The van der Waals surface area contributed by atoms with Gasteiger partial charge in [-0.15, -0.1) is 0 Å². The maximum absolute atomic E-state index is 13.2. The molecule has 0 aliphatic heterocycles. The van der Waals surface area contributed by atoms with Gasteiger partial charge in [0.05, 0.1) is 17.9 Å². The Morgan fingerprint density at radius 3 is 2.89 bits per heavy atom. The van der Waals surface area contributed by atoms with Crippen LogP contribution in [0.4, 0.5) is 10.1 Å². The van der Waals surface area contributed by atoms with Crippen LogP contribution in [0.25, 0.3) is 0 Å². The third-order valence-electron chi connectivity index (χ3n) is 2.32. The smallest absolute Gasteiger partial charge is 0.251 e. The van der Waals surface area contributed by atoms with Crippen molar-refractivity contribution in [3.05, 3.63) is 53.6 Å². The van der Waals surface area contributed by atoms with Crippen molar-refractivity contribution in [2.24, 2.45) is 0 Å². The minimum absolute atomic E-state index is 0.0143. The highest BCUT2D eigenvalue weighted by Gasteiger charge is 2.08. The number of nitrogen functional groups attached to an aromatic ring is 1. The number of hydrogen-bond donors (Lipinski definition) is 2. The van der Waals surface area contributed by atoms with E-state index in [0.29, 0.717) is 5.69 Å². The Bertz CT molecular complexity index is 559. The lowest BCUT2D eigenvalue weighted by atomic mass is 10.2. The number of amides is 1. The van der Waals surface area contributed by atoms with Crippen molar-refractivity contribution in [2.45, 2.75) is 6.54 Å². The Morgan fingerprint density at radius 1 is 1.39 bits per heavy atom. The fourth-order valence-electron chi connectivity index (χ4n) is 1.37. The van der Waals surface area contributed by atoms with Gasteiger partial charge in [0.2, 0.25) is 0 Å². The lowest BCUT2D eigenvalue weighted by molar-refractivity contribution is 0.0950. The number of carbonyl (C=O) groups is 1. The fraction of sp³-hybridized carbons (Fsp3) is 0.0833. The number of benzene rings is 1. The zero-order valence-electron chi connectivity index (χ0n) is 9.43. The van der Waals surface area contributed by atoms with Crippen LogP contribution in [-0.2, 0) is 6.54 Å². The van der Waals surface area contributed by atoms with Crippen molar-refractivity contribution in [2.75, 3.05) is 5.73 Å². The lowest BCUT2D eigenvalue weighted by Crippen LogP contribution is -2.23. The molecule has 1 aromatic carbocycles. The van der Waals surface area contributed by atoms with Gasteiger partial charge >= 0.3 is 0 Å². The third kappa shape index (κ3) is 2.79. The number of nitrogens with one attached hydrogen (secondary N) is 1. The molecular weight excluding hydrogens is 235 g/mol. The predicted octanol–water partition coefficient (Wildman–Crippen LogP) is 1.13. The second kappa shape index (κ2) is 5.22. The molecule has 0 radical (unpaired) electrons. The summed E-state index contributed by atoms with van der Waals surface area (Å²) in [6.45, 7) is 0.235. The molecule has 5 nitrogen and oxygen atoms in total. The number of rotatable bonds is 3. The summed E-state index contributed by atoms with van der Waals surface area (Å²) in [5.74, 6) is -0.998. The Kier molecular flexibility index (Phi) is 3.47. The third-order valence-corrected chi connectivity index (χ3v) is 2.32. The van der Waals surface area contributed by atoms with Gasteiger partial charge in [0, 0.05) is 11.8 Å². The Labute approximate surface area is 103 Å². The van der Waals surface area contributed by atoms with E-state index in [1.54, 1.807) is 18.3 Å². The van der Waals surface area contributed by atoms with Crippen LogP contribution >= 0.6 is 0 Å². The molecule has 92 valence electrons. The summed E-state index contributed by atoms with van der Waals surface area (Å²) in [5.41, 5.74) is 6.18. The number of nitrogens with zero attached hydrogens (tertiary/aromatic N) is 2. The molecule has 0 aliphatic rings. The molecule has 2 aromatic rings. The van der Waals surface area contributed by atoms with E-state index >= 15 is 0 Å². The first kappa shape index (κ1) is 12.0. The molecule has 1 amide bonds. The number of anilines is 1. The average Bonchev–Trinajstić information content (AvgIpc) is 2.40. The quantitative estimate of drug-likeness (QED) is 0.795. The van der Waals surface area contributed by atoms with Gasteiger partial charge in [-0.3, -0.25) is 4.79 Å². The van der Waals surface area contributed by atoms with E-state index in [1.807, 2.05) is 0 Å². The molecule has 1 aromatic heterocycles. The number of nitrogens with two attached hydrogens (primary N) is 1. The summed E-state index contributed by atoms with van der Waals surface area (Å²) < 4.78 is 13.2. The van der Waals surface area contributed by atoms with Gasteiger partial charge < -0.3 is 11.1 Å². The van der Waals surface area contributed by atoms with Crippen LogP contribution in [0.1, 0.15) is 16.1 Å². The summed E-state index contributed by atoms with van der Waals surface area (Å²) in [6.07, 6.45) is 1.54. The van der Waals surface area contributed by atoms with Gasteiger partial charge in [-0.05, 0) is 30.3 Å². The molecule has 2 rings (SSSR count). The zero-order valence-corrected chi connectivity index (χ0v) is 9.43. The molecule has 0 aliphatic carbocycles. The normalized spacial score (nSPS) is 10.1. The van der Waals surface area contributed by atoms with E-state index in [-0.39, 0.29) is 23.7 Å². The molecular formula is C12H11FN4O. The highest BCUT2D eigenvalue weighted by molar-refractivity contribution is 5.94. The maximum atomic E-state index is 13.2. The summed E-state index contributed by atoms with van der Waals surface area (Å²) >= 11 is 0. The van der Waals surface area contributed by atoms with Crippen LogP contribution in [-0.4, -0.2) is 16.1 Å². The fourth-order valence-corrected chi connectivity index (χ4v) is 1.37. The van der Waals surface area contributed by atoms with Gasteiger partial charge in [-0.1, -0.05) is 0 Å². The standard InChI is InChI=1S/C12H11FN4O/c13-10-6-8(3-4-11(10)14)12(18)15-7-9-2-1-5-16-17-9/h1-6H,7,14H2,(H,15,18). The Balaban J connectivity index is 2.02. The van der Waals surface area contributed by atoms with Crippen LogP contribution in [0, 0.1) is 5.82 Å². The van der Waals surface area contributed by atoms with Crippen LogP contribution in [0.15, 0.2) is 36.5 Å². The Morgan fingerprint density at radius 2 is 2.22 bits per heavy atom. The lowest BCUT2D eigenvalue weighted by Gasteiger charge is -2.05. The van der Waals surface area contributed by atoms with Crippen molar-refractivity contribution in [1.29, 1.82) is 0 Å². The Hall–Kier alpha value is -2.50. The minimum atomic E-state index is -0.609. The number of aromatic nitrogens is 2. The molecule has 0 saturated carbocycles. The largest absolute Gasteiger partial charge is 0.396 e. The topological polar surface area (TPSA) is 80.9 Å². The molecule has 0 spiro atoms. The van der Waals surface area contributed by atoms with Gasteiger partial charge in [-0.2, -0.15) is 10.2 Å². The highest BCUT2D eigenvalue weighted by atomic mass is 19.1. The van der Waals surface area contributed by atoms with Crippen molar-refractivity contribution >= 4 is 11.6 Å². The van der Waals surface area contributed by atoms with E-state index in [4.69, 9.17) is 5.73 Å². The van der Waals surface area contributed by atoms with Crippen LogP contribution in [0.5, 0.6) is 0 Å². The van der Waals surface area contributed by atoms with Crippen LogP contribution in [0.2, 0.25) is 0 Å². The second-order valence-corrected chi connectivity index (χ2v) is 3.63. The maximum Gasteiger partial charge on any atom is 0.251 e. The summed E-state index contributed by atoms with van der Waals surface area (Å²) in [4.78, 5) is 11.7. The van der Waals surface area contributed by atoms with E-state index in [0.717, 1.165) is 6.07 Å². The first-order chi connectivity index (χ1) is 8.66. The predicted molar refractivity (Wildman–Crippen MR) is 64.0 cm³/mol. The molecule has 0 fully saturated rings. The van der Waals surface area contributed by atoms with Gasteiger partial charge in [0.1, 0.15) is 5.82 Å². The van der Waals surface area contributed by atoms with E-state index in [9.17, 15) is 9.18 Å². The van der Waals surface area contributed by atoms with E-state index in [2.05, 4.69) is 15.5 Å². The number of hydrogen-bond acceptors (Lipinski definition) is 4.